The molecule has 2 aromatic carbocycles. The summed E-state index contributed by atoms with van der Waals surface area (Å²) in [4.78, 5) is 11.5. The fourth-order valence-corrected chi connectivity index (χ4v) is 4.70. The van der Waals surface area contributed by atoms with E-state index in [1.807, 2.05) is 24.3 Å². The summed E-state index contributed by atoms with van der Waals surface area (Å²) in [5, 5.41) is 0. The Hall–Kier alpha value is -2.22. The molecule has 0 aliphatic carbocycles. The maximum Gasteiger partial charge on any atom is 0.240 e. The molecule has 7 heteroatoms. The van der Waals surface area contributed by atoms with E-state index in [0.29, 0.717) is 31.6 Å². The number of ether oxygens (including phenoxy) is 2. The van der Waals surface area contributed by atoms with Crippen molar-refractivity contribution in [1.82, 2.24) is 4.72 Å². The summed E-state index contributed by atoms with van der Waals surface area (Å²) < 4.78 is 39.5. The monoisotopic (exact) mass is 403 g/mol. The van der Waals surface area contributed by atoms with Crippen LogP contribution in [0.4, 0.5) is 0 Å². The molecule has 0 bridgehead atoms. The van der Waals surface area contributed by atoms with Crippen LogP contribution in [0.25, 0.3) is 0 Å². The van der Waals surface area contributed by atoms with Crippen molar-refractivity contribution in [3.05, 3.63) is 59.7 Å². The number of benzene rings is 2. The van der Waals surface area contributed by atoms with Crippen molar-refractivity contribution in [2.24, 2.45) is 0 Å². The smallest absolute Gasteiger partial charge is 0.240 e. The first-order chi connectivity index (χ1) is 13.4. The third kappa shape index (κ3) is 4.27. The lowest BCUT2D eigenvalue weighted by molar-refractivity contribution is 0.0509. The molecule has 2 aromatic rings. The third-order valence-corrected chi connectivity index (χ3v) is 6.72. The SMILES string of the molecule is COc1ccccc1C1(CNS(=O)(=O)c2ccc(C(C)=O)cc2)CCOCC1. The van der Waals surface area contributed by atoms with Crippen molar-refractivity contribution in [2.75, 3.05) is 26.9 Å². The van der Waals surface area contributed by atoms with Crippen molar-refractivity contribution in [3.63, 3.8) is 0 Å². The van der Waals surface area contributed by atoms with Gasteiger partial charge in [-0.1, -0.05) is 30.3 Å². The van der Waals surface area contributed by atoms with Crippen LogP contribution in [0.3, 0.4) is 0 Å². The molecule has 1 N–H and O–H groups in total. The molecule has 0 amide bonds. The maximum absolute atomic E-state index is 12.8. The molecule has 1 aliphatic heterocycles. The van der Waals surface area contributed by atoms with Gasteiger partial charge < -0.3 is 9.47 Å². The molecule has 0 saturated carbocycles. The van der Waals surface area contributed by atoms with Gasteiger partial charge in [-0.05, 0) is 38.0 Å². The summed E-state index contributed by atoms with van der Waals surface area (Å²) in [6.07, 6.45) is 1.39. The lowest BCUT2D eigenvalue weighted by atomic mass is 9.74. The van der Waals surface area contributed by atoms with Crippen LogP contribution in [-0.2, 0) is 20.2 Å². The molecule has 0 radical (unpaired) electrons. The predicted molar refractivity (Wildman–Crippen MR) is 106 cm³/mol. The van der Waals surface area contributed by atoms with Crippen LogP contribution >= 0.6 is 0 Å². The highest BCUT2D eigenvalue weighted by Gasteiger charge is 2.37. The largest absolute Gasteiger partial charge is 0.496 e. The molecular formula is C21H25NO5S. The van der Waals surface area contributed by atoms with Crippen LogP contribution in [0.1, 0.15) is 35.7 Å². The molecule has 3 rings (SSSR count). The van der Waals surface area contributed by atoms with Gasteiger partial charge in [0.2, 0.25) is 10.0 Å². The second kappa shape index (κ2) is 8.43. The molecule has 6 nitrogen and oxygen atoms in total. The molecule has 1 heterocycles. The molecule has 150 valence electrons. The summed E-state index contributed by atoms with van der Waals surface area (Å²) in [5.41, 5.74) is 1.06. The Labute approximate surface area is 165 Å². The molecule has 28 heavy (non-hydrogen) atoms. The number of Topliss-reactive ketones (excluding diaryl/α,β-unsaturated/α-hetero) is 1. The first-order valence-corrected chi connectivity index (χ1v) is 10.7. The number of para-hydroxylation sites is 1. The molecule has 0 aromatic heterocycles. The number of ketones is 1. The minimum Gasteiger partial charge on any atom is -0.496 e. The molecule has 0 atom stereocenters. The van der Waals surface area contributed by atoms with E-state index in [0.717, 1.165) is 11.3 Å². The van der Waals surface area contributed by atoms with Gasteiger partial charge in [0.05, 0.1) is 12.0 Å². The van der Waals surface area contributed by atoms with E-state index in [1.54, 1.807) is 7.11 Å². The minimum absolute atomic E-state index is 0.103. The molecule has 1 aliphatic rings. The highest BCUT2D eigenvalue weighted by atomic mass is 32.2. The fraction of sp³-hybridized carbons (Fsp3) is 0.381. The number of hydrogen-bond acceptors (Lipinski definition) is 5. The third-order valence-electron chi connectivity index (χ3n) is 5.30. The van der Waals surface area contributed by atoms with E-state index in [9.17, 15) is 13.2 Å². The first kappa shape index (κ1) is 20.5. The van der Waals surface area contributed by atoms with Gasteiger partial charge in [-0.2, -0.15) is 0 Å². The van der Waals surface area contributed by atoms with E-state index in [-0.39, 0.29) is 17.2 Å². The van der Waals surface area contributed by atoms with Gasteiger partial charge >= 0.3 is 0 Å². The summed E-state index contributed by atoms with van der Waals surface area (Å²) >= 11 is 0. The quantitative estimate of drug-likeness (QED) is 0.719. The average Bonchev–Trinajstić information content (AvgIpc) is 2.73. The van der Waals surface area contributed by atoms with Crippen LogP contribution in [0, 0.1) is 0 Å². The second-order valence-electron chi connectivity index (χ2n) is 7.00. The molecule has 0 spiro atoms. The van der Waals surface area contributed by atoms with Gasteiger partial charge in [0.1, 0.15) is 5.75 Å². The van der Waals surface area contributed by atoms with E-state index in [2.05, 4.69) is 4.72 Å². The molecular weight excluding hydrogens is 378 g/mol. The van der Waals surface area contributed by atoms with Crippen molar-refractivity contribution in [1.29, 1.82) is 0 Å². The lowest BCUT2D eigenvalue weighted by Gasteiger charge is -2.38. The summed E-state index contributed by atoms with van der Waals surface area (Å²) in [6.45, 7) is 2.82. The number of carbonyl (C=O) groups excluding carboxylic acids is 1. The van der Waals surface area contributed by atoms with Gasteiger partial charge in [0, 0.05) is 36.3 Å². The highest BCUT2D eigenvalue weighted by molar-refractivity contribution is 7.89. The van der Waals surface area contributed by atoms with Gasteiger partial charge in [-0.3, -0.25) is 4.79 Å². The zero-order valence-electron chi connectivity index (χ0n) is 16.1. The van der Waals surface area contributed by atoms with Crippen LogP contribution in [0.15, 0.2) is 53.4 Å². The Morgan fingerprint density at radius 3 is 2.36 bits per heavy atom. The normalized spacial score (nSPS) is 16.5. The van der Waals surface area contributed by atoms with E-state index >= 15 is 0 Å². The zero-order chi connectivity index (χ0) is 20.2. The molecule has 0 unspecified atom stereocenters. The highest BCUT2D eigenvalue weighted by Crippen LogP contribution is 2.39. The van der Waals surface area contributed by atoms with Crippen molar-refractivity contribution >= 4 is 15.8 Å². The fourth-order valence-electron chi connectivity index (χ4n) is 3.57. The Morgan fingerprint density at radius 2 is 1.75 bits per heavy atom. The van der Waals surface area contributed by atoms with Crippen molar-refractivity contribution in [2.45, 2.75) is 30.1 Å². The average molecular weight is 404 g/mol. The van der Waals surface area contributed by atoms with Gasteiger partial charge in [0.25, 0.3) is 0 Å². The Balaban J connectivity index is 1.86. The van der Waals surface area contributed by atoms with E-state index in [4.69, 9.17) is 9.47 Å². The van der Waals surface area contributed by atoms with E-state index in [1.165, 1.54) is 31.2 Å². The Kier molecular flexibility index (Phi) is 6.17. The molecule has 1 fully saturated rings. The number of rotatable bonds is 7. The van der Waals surface area contributed by atoms with Crippen molar-refractivity contribution in [3.8, 4) is 5.75 Å². The van der Waals surface area contributed by atoms with Crippen LogP contribution < -0.4 is 9.46 Å². The number of carbonyl (C=O) groups is 1. The van der Waals surface area contributed by atoms with E-state index < -0.39 is 15.4 Å². The summed E-state index contributed by atoms with van der Waals surface area (Å²) in [5.74, 6) is 0.642. The lowest BCUT2D eigenvalue weighted by Crippen LogP contribution is -2.44. The summed E-state index contributed by atoms with van der Waals surface area (Å²) in [7, 11) is -2.09. The summed E-state index contributed by atoms with van der Waals surface area (Å²) in [6, 6.07) is 13.7. The first-order valence-electron chi connectivity index (χ1n) is 9.20. The minimum atomic E-state index is -3.71. The Morgan fingerprint density at radius 1 is 1.11 bits per heavy atom. The van der Waals surface area contributed by atoms with Crippen LogP contribution in [-0.4, -0.2) is 41.1 Å². The number of hydrogen-bond donors (Lipinski definition) is 1. The zero-order valence-corrected chi connectivity index (χ0v) is 16.9. The number of sulfonamides is 1. The van der Waals surface area contributed by atoms with Gasteiger partial charge in [-0.15, -0.1) is 0 Å². The standard InChI is InChI=1S/C21H25NO5S/c1-16(23)17-7-9-18(10-8-17)28(24,25)22-15-21(11-13-27-14-12-21)19-5-3-4-6-20(19)26-2/h3-10,22H,11-15H2,1-2H3. The topological polar surface area (TPSA) is 81.7 Å². The Bertz CT molecular complexity index is 932. The van der Waals surface area contributed by atoms with Crippen LogP contribution in [0.5, 0.6) is 5.75 Å². The molecule has 1 saturated heterocycles. The predicted octanol–water partition coefficient (Wildman–Crippen LogP) is 2.92. The maximum atomic E-state index is 12.8. The number of nitrogens with one attached hydrogen (secondary N) is 1. The van der Waals surface area contributed by atoms with Crippen LogP contribution in [0.2, 0.25) is 0 Å². The number of methoxy groups -OCH3 is 1. The van der Waals surface area contributed by atoms with Gasteiger partial charge in [0.15, 0.2) is 5.78 Å². The van der Waals surface area contributed by atoms with Crippen molar-refractivity contribution < 1.29 is 22.7 Å². The second-order valence-corrected chi connectivity index (χ2v) is 8.77. The van der Waals surface area contributed by atoms with Gasteiger partial charge in [-0.25, -0.2) is 13.1 Å².